The summed E-state index contributed by atoms with van der Waals surface area (Å²) >= 11 is 0. The molecule has 0 aliphatic heterocycles. The van der Waals surface area contributed by atoms with E-state index in [4.69, 9.17) is 0 Å². The average molecular weight is 271 g/mol. The maximum atomic E-state index is 11.3. The van der Waals surface area contributed by atoms with E-state index in [9.17, 15) is 9.90 Å². The summed E-state index contributed by atoms with van der Waals surface area (Å²) in [6.45, 7) is 0.820. The molecular formula is C15H17N3O2. The molecular weight excluding hydrogens is 254 g/mol. The van der Waals surface area contributed by atoms with E-state index in [0.29, 0.717) is 17.8 Å². The van der Waals surface area contributed by atoms with Crippen LogP contribution in [0, 0.1) is 23.7 Å². The Balaban J connectivity index is 1.59. The molecule has 2 aromatic rings. The molecule has 2 saturated carbocycles. The molecule has 0 saturated heterocycles. The summed E-state index contributed by atoms with van der Waals surface area (Å²) in [4.78, 5) is 15.6. The molecule has 4 rings (SSSR count). The van der Waals surface area contributed by atoms with Crippen LogP contribution in [-0.4, -0.2) is 25.8 Å². The van der Waals surface area contributed by atoms with Gasteiger partial charge in [0.15, 0.2) is 0 Å². The minimum Gasteiger partial charge on any atom is -0.481 e. The van der Waals surface area contributed by atoms with Crippen LogP contribution in [-0.2, 0) is 11.3 Å². The highest BCUT2D eigenvalue weighted by Crippen LogP contribution is 2.54. The van der Waals surface area contributed by atoms with Gasteiger partial charge in [-0.05, 0) is 49.1 Å². The maximum Gasteiger partial charge on any atom is 0.306 e. The lowest BCUT2D eigenvalue weighted by atomic mass is 9.70. The molecule has 5 heteroatoms. The van der Waals surface area contributed by atoms with Crippen LogP contribution in [0.15, 0.2) is 24.5 Å². The third-order valence-corrected chi connectivity index (χ3v) is 5.20. The van der Waals surface area contributed by atoms with Crippen molar-refractivity contribution in [3.63, 3.8) is 0 Å². The molecule has 5 nitrogen and oxygen atoms in total. The molecule has 0 amide bonds. The molecule has 4 atom stereocenters. The number of rotatable bonds is 3. The highest BCUT2D eigenvalue weighted by atomic mass is 16.4. The van der Waals surface area contributed by atoms with E-state index in [1.807, 2.05) is 16.8 Å². The van der Waals surface area contributed by atoms with Gasteiger partial charge in [0.2, 0.25) is 0 Å². The molecule has 2 heterocycles. The smallest absolute Gasteiger partial charge is 0.306 e. The molecule has 0 spiro atoms. The number of carboxylic acids is 1. The predicted octanol–water partition coefficient (Wildman–Crippen LogP) is 2.18. The van der Waals surface area contributed by atoms with Crippen molar-refractivity contribution in [3.8, 4) is 0 Å². The first kappa shape index (κ1) is 11.9. The summed E-state index contributed by atoms with van der Waals surface area (Å²) in [5, 5.41) is 13.7. The van der Waals surface area contributed by atoms with Gasteiger partial charge < -0.3 is 5.11 Å². The van der Waals surface area contributed by atoms with Gasteiger partial charge in [0.05, 0.1) is 17.6 Å². The fourth-order valence-electron chi connectivity index (χ4n) is 4.09. The lowest BCUT2D eigenvalue weighted by molar-refractivity contribution is -0.144. The van der Waals surface area contributed by atoms with E-state index >= 15 is 0 Å². The van der Waals surface area contributed by atoms with E-state index in [1.165, 1.54) is 6.42 Å². The van der Waals surface area contributed by atoms with E-state index in [-0.39, 0.29) is 5.92 Å². The second-order valence-corrected chi connectivity index (χ2v) is 6.08. The number of carboxylic acid groups (broad SMARTS) is 1. The summed E-state index contributed by atoms with van der Waals surface area (Å²) in [5.74, 6) is 0.663. The predicted molar refractivity (Wildman–Crippen MR) is 73.0 cm³/mol. The van der Waals surface area contributed by atoms with Crippen LogP contribution in [0.2, 0.25) is 0 Å². The number of carbonyl (C=O) groups is 1. The molecule has 2 fully saturated rings. The second kappa shape index (κ2) is 4.30. The Labute approximate surface area is 116 Å². The van der Waals surface area contributed by atoms with E-state index in [1.54, 1.807) is 12.4 Å². The first-order valence-corrected chi connectivity index (χ1v) is 7.23. The summed E-state index contributed by atoms with van der Waals surface area (Å²) in [6.07, 6.45) is 6.62. The zero-order valence-electron chi connectivity index (χ0n) is 11.1. The van der Waals surface area contributed by atoms with Crippen molar-refractivity contribution in [1.82, 2.24) is 14.8 Å². The van der Waals surface area contributed by atoms with Crippen molar-refractivity contribution in [2.45, 2.75) is 25.8 Å². The second-order valence-electron chi connectivity index (χ2n) is 6.08. The van der Waals surface area contributed by atoms with Gasteiger partial charge in [0, 0.05) is 12.7 Å². The van der Waals surface area contributed by atoms with E-state index < -0.39 is 5.97 Å². The minimum absolute atomic E-state index is 0.140. The van der Waals surface area contributed by atoms with Crippen molar-refractivity contribution in [3.05, 3.63) is 24.5 Å². The molecule has 0 radical (unpaired) electrons. The highest BCUT2D eigenvalue weighted by molar-refractivity contribution is 5.73. The molecule has 0 aromatic carbocycles. The Morgan fingerprint density at radius 2 is 2.25 bits per heavy atom. The van der Waals surface area contributed by atoms with Crippen LogP contribution in [0.5, 0.6) is 0 Å². The van der Waals surface area contributed by atoms with Gasteiger partial charge in [0.1, 0.15) is 5.52 Å². The fourth-order valence-corrected chi connectivity index (χ4v) is 4.09. The zero-order chi connectivity index (χ0) is 13.7. The average Bonchev–Trinajstić information content (AvgIpc) is 2.90. The molecule has 3 unspecified atom stereocenters. The van der Waals surface area contributed by atoms with Crippen LogP contribution in [0.3, 0.4) is 0 Å². The Bertz CT molecular complexity index is 666. The number of hydrogen-bond acceptors (Lipinski definition) is 3. The Hall–Kier alpha value is -1.91. The molecule has 104 valence electrons. The van der Waals surface area contributed by atoms with E-state index in [2.05, 4.69) is 10.1 Å². The Morgan fingerprint density at radius 1 is 1.40 bits per heavy atom. The first-order valence-electron chi connectivity index (χ1n) is 7.23. The van der Waals surface area contributed by atoms with Crippen LogP contribution < -0.4 is 0 Å². The van der Waals surface area contributed by atoms with Crippen molar-refractivity contribution < 1.29 is 9.90 Å². The number of aromatic nitrogens is 3. The lowest BCUT2D eigenvalue weighted by Crippen LogP contribution is -2.31. The quantitative estimate of drug-likeness (QED) is 0.929. The molecule has 1 N–H and O–H groups in total. The maximum absolute atomic E-state index is 11.3. The Morgan fingerprint density at radius 3 is 2.95 bits per heavy atom. The van der Waals surface area contributed by atoms with Gasteiger partial charge in [-0.1, -0.05) is 0 Å². The van der Waals surface area contributed by atoms with Gasteiger partial charge in [-0.15, -0.1) is 0 Å². The lowest BCUT2D eigenvalue weighted by Gasteiger charge is -2.35. The number of pyridine rings is 1. The Kier molecular flexibility index (Phi) is 2.55. The van der Waals surface area contributed by atoms with Gasteiger partial charge >= 0.3 is 5.97 Å². The molecule has 2 aromatic heterocycles. The van der Waals surface area contributed by atoms with Gasteiger partial charge in [-0.3, -0.25) is 14.5 Å². The summed E-state index contributed by atoms with van der Waals surface area (Å²) < 4.78 is 1.99. The summed E-state index contributed by atoms with van der Waals surface area (Å²) in [5.41, 5.74) is 1.95. The highest BCUT2D eigenvalue weighted by Gasteiger charge is 2.51. The van der Waals surface area contributed by atoms with Gasteiger partial charge in [-0.2, -0.15) is 5.10 Å². The van der Waals surface area contributed by atoms with Crippen molar-refractivity contribution in [2.75, 3.05) is 0 Å². The fraction of sp³-hybridized carbons (Fsp3) is 0.533. The SMILES string of the molecule is O=C(O)[C@H]1CC(Cn2ncc3ncccc32)C2CCC21. The third-order valence-electron chi connectivity index (χ3n) is 5.20. The van der Waals surface area contributed by atoms with Crippen molar-refractivity contribution >= 4 is 17.0 Å². The number of hydrogen-bond donors (Lipinski definition) is 1. The van der Waals surface area contributed by atoms with Gasteiger partial charge in [-0.25, -0.2) is 0 Å². The normalized spacial score (nSPS) is 32.0. The van der Waals surface area contributed by atoms with Crippen LogP contribution in [0.25, 0.3) is 11.0 Å². The molecule has 2 aliphatic carbocycles. The summed E-state index contributed by atoms with van der Waals surface area (Å²) in [7, 11) is 0. The largest absolute Gasteiger partial charge is 0.481 e. The van der Waals surface area contributed by atoms with E-state index in [0.717, 1.165) is 30.4 Å². The molecule has 20 heavy (non-hydrogen) atoms. The first-order chi connectivity index (χ1) is 9.74. The molecule has 2 aliphatic rings. The van der Waals surface area contributed by atoms with Crippen LogP contribution >= 0.6 is 0 Å². The minimum atomic E-state index is -0.616. The summed E-state index contributed by atoms with van der Waals surface area (Å²) in [6, 6.07) is 3.94. The van der Waals surface area contributed by atoms with Crippen LogP contribution in [0.1, 0.15) is 19.3 Å². The molecule has 0 bridgehead atoms. The standard InChI is InChI=1S/C15H17N3O2/c19-15(20)12-6-9(10-3-4-11(10)12)8-18-14-2-1-5-16-13(14)7-17-18/h1-2,5,7,9-12H,3-4,6,8H2,(H,19,20)/t9?,10?,11?,12-/m0/s1. The van der Waals surface area contributed by atoms with Crippen molar-refractivity contribution in [1.29, 1.82) is 0 Å². The monoisotopic (exact) mass is 271 g/mol. The number of nitrogens with zero attached hydrogens (tertiary/aromatic N) is 3. The zero-order valence-corrected chi connectivity index (χ0v) is 11.1. The number of fused-ring (bicyclic) bond motifs is 2. The number of aliphatic carboxylic acids is 1. The van der Waals surface area contributed by atoms with Crippen molar-refractivity contribution in [2.24, 2.45) is 23.7 Å². The third kappa shape index (κ3) is 1.65. The van der Waals surface area contributed by atoms with Crippen LogP contribution in [0.4, 0.5) is 0 Å². The van der Waals surface area contributed by atoms with Gasteiger partial charge in [0.25, 0.3) is 0 Å². The topological polar surface area (TPSA) is 68.0 Å².